The lowest BCUT2D eigenvalue weighted by Gasteiger charge is -2.36. The summed E-state index contributed by atoms with van der Waals surface area (Å²) < 4.78 is 0. The van der Waals surface area contributed by atoms with E-state index in [1.807, 2.05) is 36.2 Å². The lowest BCUT2D eigenvalue weighted by atomic mass is 10.0. The molecule has 0 saturated carbocycles. The zero-order valence-electron chi connectivity index (χ0n) is 11.4. The molecule has 19 heavy (non-hydrogen) atoms. The zero-order chi connectivity index (χ0) is 13.7. The van der Waals surface area contributed by atoms with Gasteiger partial charge in [0, 0.05) is 24.2 Å². The molecule has 1 aromatic rings. The van der Waals surface area contributed by atoms with Crippen LogP contribution < -0.4 is 5.32 Å². The number of nitrogens with zero attached hydrogens (tertiary/aromatic N) is 1. The molecule has 1 atom stereocenters. The Morgan fingerprint density at radius 1 is 1.42 bits per heavy atom. The molecule has 3 nitrogen and oxygen atoms in total. The second kappa shape index (κ2) is 6.92. The van der Waals surface area contributed by atoms with Gasteiger partial charge in [0.1, 0.15) is 0 Å². The van der Waals surface area contributed by atoms with E-state index in [0.717, 1.165) is 31.5 Å². The van der Waals surface area contributed by atoms with Crippen molar-refractivity contribution in [3.8, 4) is 0 Å². The number of benzene rings is 1. The number of carbonyl (C=O) groups excluding carboxylic acids is 1. The van der Waals surface area contributed by atoms with Gasteiger partial charge in [-0.25, -0.2) is 0 Å². The average molecular weight is 281 g/mol. The highest BCUT2D eigenvalue weighted by molar-refractivity contribution is 6.31. The number of hydrogen-bond donors (Lipinski definition) is 1. The summed E-state index contributed by atoms with van der Waals surface area (Å²) in [6.45, 7) is 1.74. The van der Waals surface area contributed by atoms with E-state index in [9.17, 15) is 4.79 Å². The van der Waals surface area contributed by atoms with E-state index in [1.54, 1.807) is 0 Å². The predicted molar refractivity (Wildman–Crippen MR) is 78.4 cm³/mol. The first-order valence-electron chi connectivity index (χ1n) is 6.90. The molecule has 0 aliphatic carbocycles. The van der Waals surface area contributed by atoms with Crippen LogP contribution in [0.3, 0.4) is 0 Å². The van der Waals surface area contributed by atoms with E-state index in [0.29, 0.717) is 17.5 Å². The molecular weight excluding hydrogens is 260 g/mol. The summed E-state index contributed by atoms with van der Waals surface area (Å²) >= 11 is 6.12. The quantitative estimate of drug-likeness (QED) is 0.919. The third kappa shape index (κ3) is 3.71. The summed E-state index contributed by atoms with van der Waals surface area (Å²) in [4.78, 5) is 14.5. The lowest BCUT2D eigenvalue weighted by Crippen LogP contribution is -2.48. The average Bonchev–Trinajstić information content (AvgIpc) is 2.42. The van der Waals surface area contributed by atoms with Crippen LogP contribution in [0, 0.1) is 0 Å². The Balaban J connectivity index is 2.03. The molecule has 1 amide bonds. The molecule has 104 valence electrons. The highest BCUT2D eigenvalue weighted by atomic mass is 35.5. The van der Waals surface area contributed by atoms with Crippen molar-refractivity contribution in [2.75, 3.05) is 20.1 Å². The zero-order valence-corrected chi connectivity index (χ0v) is 12.1. The molecule has 1 aromatic carbocycles. The SMILES string of the molecule is CNCC1CCCCN1C(=O)Cc1ccccc1Cl. The van der Waals surface area contributed by atoms with Crippen LogP contribution >= 0.6 is 11.6 Å². The fraction of sp³-hybridized carbons (Fsp3) is 0.533. The second-order valence-corrected chi connectivity index (χ2v) is 5.47. The summed E-state index contributed by atoms with van der Waals surface area (Å²) in [6, 6.07) is 7.91. The normalized spacial score (nSPS) is 19.5. The predicted octanol–water partition coefficient (Wildman–Crippen LogP) is 2.48. The minimum absolute atomic E-state index is 0.188. The molecule has 1 fully saturated rings. The van der Waals surface area contributed by atoms with Gasteiger partial charge in [-0.1, -0.05) is 29.8 Å². The Kier molecular flexibility index (Phi) is 5.23. The Bertz CT molecular complexity index is 434. The van der Waals surface area contributed by atoms with Crippen LogP contribution in [0.15, 0.2) is 24.3 Å². The van der Waals surface area contributed by atoms with Crippen molar-refractivity contribution < 1.29 is 4.79 Å². The van der Waals surface area contributed by atoms with Crippen molar-refractivity contribution in [3.63, 3.8) is 0 Å². The van der Waals surface area contributed by atoms with Crippen LogP contribution in [-0.4, -0.2) is 37.0 Å². The van der Waals surface area contributed by atoms with Gasteiger partial charge in [-0.3, -0.25) is 4.79 Å². The van der Waals surface area contributed by atoms with E-state index in [-0.39, 0.29) is 5.91 Å². The summed E-state index contributed by atoms with van der Waals surface area (Å²) in [5.74, 6) is 0.188. The van der Waals surface area contributed by atoms with Crippen LogP contribution in [0.4, 0.5) is 0 Å². The molecule has 2 rings (SSSR count). The van der Waals surface area contributed by atoms with Gasteiger partial charge in [0.15, 0.2) is 0 Å². The van der Waals surface area contributed by atoms with E-state index < -0.39 is 0 Å². The molecule has 4 heteroatoms. The molecule has 1 aliphatic rings. The van der Waals surface area contributed by atoms with Crippen molar-refractivity contribution in [1.29, 1.82) is 0 Å². The Morgan fingerprint density at radius 2 is 2.21 bits per heavy atom. The third-order valence-electron chi connectivity index (χ3n) is 3.69. The van der Waals surface area contributed by atoms with Crippen LogP contribution in [0.5, 0.6) is 0 Å². The number of carbonyl (C=O) groups is 1. The standard InChI is InChI=1S/C15H21ClN2O/c1-17-11-13-7-4-5-9-18(13)15(19)10-12-6-2-3-8-14(12)16/h2-3,6,8,13,17H,4-5,7,9-11H2,1H3. The van der Waals surface area contributed by atoms with Crippen LogP contribution in [0.1, 0.15) is 24.8 Å². The van der Waals surface area contributed by atoms with Crippen LogP contribution in [0.2, 0.25) is 5.02 Å². The van der Waals surface area contributed by atoms with Gasteiger partial charge in [0.05, 0.1) is 6.42 Å². The molecule has 1 unspecified atom stereocenters. The monoisotopic (exact) mass is 280 g/mol. The first-order valence-corrected chi connectivity index (χ1v) is 7.27. The summed E-state index contributed by atoms with van der Waals surface area (Å²) in [5, 5.41) is 3.86. The smallest absolute Gasteiger partial charge is 0.227 e. The van der Waals surface area contributed by atoms with Gasteiger partial charge in [-0.15, -0.1) is 0 Å². The van der Waals surface area contributed by atoms with Crippen molar-refractivity contribution in [3.05, 3.63) is 34.9 Å². The fourth-order valence-corrected chi connectivity index (χ4v) is 2.89. The maximum atomic E-state index is 12.4. The molecule has 0 spiro atoms. The summed E-state index contributed by atoms with van der Waals surface area (Å²) in [5.41, 5.74) is 0.919. The molecule has 1 N–H and O–H groups in total. The molecule has 1 saturated heterocycles. The van der Waals surface area contributed by atoms with E-state index >= 15 is 0 Å². The van der Waals surface area contributed by atoms with E-state index in [4.69, 9.17) is 11.6 Å². The van der Waals surface area contributed by atoms with Crippen molar-refractivity contribution in [2.24, 2.45) is 0 Å². The number of piperidine rings is 1. The second-order valence-electron chi connectivity index (χ2n) is 5.06. The first kappa shape index (κ1) is 14.4. The van der Waals surface area contributed by atoms with Crippen molar-refractivity contribution in [1.82, 2.24) is 10.2 Å². The highest BCUT2D eigenvalue weighted by Gasteiger charge is 2.26. The first-order chi connectivity index (χ1) is 9.22. The topological polar surface area (TPSA) is 32.3 Å². The largest absolute Gasteiger partial charge is 0.338 e. The van der Waals surface area contributed by atoms with Gasteiger partial charge < -0.3 is 10.2 Å². The third-order valence-corrected chi connectivity index (χ3v) is 4.06. The number of amides is 1. The van der Waals surface area contributed by atoms with Crippen LogP contribution in [0.25, 0.3) is 0 Å². The minimum Gasteiger partial charge on any atom is -0.338 e. The number of halogens is 1. The molecule has 1 aliphatic heterocycles. The minimum atomic E-state index is 0.188. The number of likely N-dealkylation sites (N-methyl/N-ethyl adjacent to an activating group) is 1. The number of likely N-dealkylation sites (tertiary alicyclic amines) is 1. The Labute approximate surface area is 119 Å². The highest BCUT2D eigenvalue weighted by Crippen LogP contribution is 2.20. The number of rotatable bonds is 4. The summed E-state index contributed by atoms with van der Waals surface area (Å²) in [6.07, 6.45) is 3.81. The number of nitrogens with one attached hydrogen (secondary N) is 1. The van der Waals surface area contributed by atoms with Gasteiger partial charge >= 0.3 is 0 Å². The van der Waals surface area contributed by atoms with Gasteiger partial charge in [-0.05, 0) is 37.9 Å². The molecule has 1 heterocycles. The molecule has 0 bridgehead atoms. The maximum Gasteiger partial charge on any atom is 0.227 e. The number of hydrogen-bond acceptors (Lipinski definition) is 2. The molecular formula is C15H21ClN2O. The van der Waals surface area contributed by atoms with Crippen LogP contribution in [-0.2, 0) is 11.2 Å². The lowest BCUT2D eigenvalue weighted by molar-refractivity contribution is -0.134. The van der Waals surface area contributed by atoms with Gasteiger partial charge in [-0.2, -0.15) is 0 Å². The summed E-state index contributed by atoms with van der Waals surface area (Å²) in [7, 11) is 1.94. The molecule has 0 aromatic heterocycles. The van der Waals surface area contributed by atoms with Crippen molar-refractivity contribution >= 4 is 17.5 Å². The maximum absolute atomic E-state index is 12.4. The van der Waals surface area contributed by atoms with Gasteiger partial charge in [0.25, 0.3) is 0 Å². The van der Waals surface area contributed by atoms with Gasteiger partial charge in [0.2, 0.25) is 5.91 Å². The fourth-order valence-electron chi connectivity index (χ4n) is 2.68. The van der Waals surface area contributed by atoms with Crippen molar-refractivity contribution in [2.45, 2.75) is 31.7 Å². The Morgan fingerprint density at radius 3 is 2.95 bits per heavy atom. The van der Waals surface area contributed by atoms with E-state index in [1.165, 1.54) is 6.42 Å². The Hall–Kier alpha value is -1.06. The van der Waals surface area contributed by atoms with E-state index in [2.05, 4.69) is 5.32 Å². The molecule has 0 radical (unpaired) electrons.